The van der Waals surface area contributed by atoms with E-state index >= 15 is 0 Å². The summed E-state index contributed by atoms with van der Waals surface area (Å²) < 4.78 is 38.2. The lowest BCUT2D eigenvalue weighted by Gasteiger charge is -2.12. The fraction of sp³-hybridized carbons (Fsp3) is 0.444. The second kappa shape index (κ2) is 9.79. The Balaban J connectivity index is 1.88. The number of ether oxygens (including phenoxy) is 3. The molecule has 1 aliphatic rings. The lowest BCUT2D eigenvalue weighted by atomic mass is 10.2. The highest BCUT2D eigenvalue weighted by atomic mass is 35.5. The summed E-state index contributed by atoms with van der Waals surface area (Å²) >= 11 is 6.14. The standard InChI is InChI=1S/C18H22ClNO7S/c1-3-26-15-9-12(8-14(19)18(15)25-2)4-5-17(22)27-10-16(21)20-13-6-7-28(23,24)11-13/h4-5,8-9,13H,3,6-7,10-11H2,1-2H3,(H,20,21)/b5-4+/t13-/m0/s1. The molecule has 1 amide bonds. The van der Waals surface area contributed by atoms with Crippen LogP contribution in [0.25, 0.3) is 6.08 Å². The molecule has 0 saturated carbocycles. The van der Waals surface area contributed by atoms with Crippen molar-refractivity contribution < 1.29 is 32.2 Å². The maximum absolute atomic E-state index is 11.8. The first-order valence-corrected chi connectivity index (χ1v) is 10.8. The van der Waals surface area contributed by atoms with Gasteiger partial charge in [0, 0.05) is 12.1 Å². The number of amides is 1. The van der Waals surface area contributed by atoms with Crippen molar-refractivity contribution in [2.75, 3.05) is 31.8 Å². The number of methoxy groups -OCH3 is 1. The summed E-state index contributed by atoms with van der Waals surface area (Å²) in [7, 11) is -1.62. The van der Waals surface area contributed by atoms with Crippen molar-refractivity contribution in [2.24, 2.45) is 0 Å². The molecule has 10 heteroatoms. The van der Waals surface area contributed by atoms with E-state index in [9.17, 15) is 18.0 Å². The van der Waals surface area contributed by atoms with Crippen LogP contribution in [-0.4, -0.2) is 58.2 Å². The minimum atomic E-state index is -3.09. The predicted octanol–water partition coefficient (Wildman–Crippen LogP) is 1.61. The van der Waals surface area contributed by atoms with E-state index in [1.54, 1.807) is 12.1 Å². The third kappa shape index (κ3) is 6.42. The van der Waals surface area contributed by atoms with Crippen LogP contribution >= 0.6 is 11.6 Å². The Morgan fingerprint density at radius 3 is 2.71 bits per heavy atom. The number of benzene rings is 1. The second-order valence-corrected chi connectivity index (χ2v) is 8.71. The van der Waals surface area contributed by atoms with E-state index in [-0.39, 0.29) is 11.5 Å². The Morgan fingerprint density at radius 2 is 2.11 bits per heavy atom. The molecule has 2 rings (SSSR count). The Bertz CT molecular complexity index is 867. The zero-order valence-corrected chi connectivity index (χ0v) is 17.1. The number of hydrogen-bond donors (Lipinski definition) is 1. The Hall–Kier alpha value is -2.26. The van der Waals surface area contributed by atoms with Gasteiger partial charge in [-0.2, -0.15) is 0 Å². The number of rotatable bonds is 8. The van der Waals surface area contributed by atoms with Gasteiger partial charge in [-0.3, -0.25) is 4.79 Å². The molecule has 154 valence electrons. The minimum absolute atomic E-state index is 0.0502. The molecule has 0 bridgehead atoms. The van der Waals surface area contributed by atoms with E-state index in [1.807, 2.05) is 6.92 Å². The maximum atomic E-state index is 11.8. The Kier molecular flexibility index (Phi) is 7.70. The molecule has 28 heavy (non-hydrogen) atoms. The van der Waals surface area contributed by atoms with Crippen molar-refractivity contribution in [2.45, 2.75) is 19.4 Å². The number of nitrogens with one attached hydrogen (secondary N) is 1. The van der Waals surface area contributed by atoms with Gasteiger partial charge in [0.15, 0.2) is 27.9 Å². The first kappa shape index (κ1) is 22.0. The molecule has 1 aliphatic heterocycles. The molecule has 1 N–H and O–H groups in total. The number of halogens is 1. The molecule has 1 aromatic rings. The van der Waals surface area contributed by atoms with E-state index in [1.165, 1.54) is 13.2 Å². The fourth-order valence-corrected chi connectivity index (χ4v) is 4.64. The van der Waals surface area contributed by atoms with Crippen molar-refractivity contribution in [3.05, 3.63) is 28.8 Å². The van der Waals surface area contributed by atoms with Crippen LogP contribution in [0.2, 0.25) is 5.02 Å². The van der Waals surface area contributed by atoms with E-state index in [0.29, 0.717) is 35.1 Å². The van der Waals surface area contributed by atoms with Gasteiger partial charge in [0.1, 0.15) is 0 Å². The number of esters is 1. The van der Waals surface area contributed by atoms with Crippen molar-refractivity contribution in [3.63, 3.8) is 0 Å². The Morgan fingerprint density at radius 1 is 1.36 bits per heavy atom. The van der Waals surface area contributed by atoms with E-state index in [2.05, 4.69) is 5.32 Å². The summed E-state index contributed by atoms with van der Waals surface area (Å²) in [6, 6.07) is 2.82. The minimum Gasteiger partial charge on any atom is -0.491 e. The molecular weight excluding hydrogens is 410 g/mol. The smallest absolute Gasteiger partial charge is 0.331 e. The molecule has 0 unspecified atom stereocenters. The van der Waals surface area contributed by atoms with Crippen LogP contribution in [0.4, 0.5) is 0 Å². The highest BCUT2D eigenvalue weighted by molar-refractivity contribution is 7.91. The molecule has 0 aliphatic carbocycles. The molecule has 0 radical (unpaired) electrons. The molecule has 1 atom stereocenters. The molecular formula is C18H22ClNO7S. The monoisotopic (exact) mass is 431 g/mol. The summed E-state index contributed by atoms with van der Waals surface area (Å²) in [4.78, 5) is 23.6. The summed E-state index contributed by atoms with van der Waals surface area (Å²) in [5.74, 6) is -0.471. The quantitative estimate of drug-likeness (QED) is 0.492. The second-order valence-electron chi connectivity index (χ2n) is 6.08. The predicted molar refractivity (Wildman–Crippen MR) is 104 cm³/mol. The van der Waals surface area contributed by atoms with Gasteiger partial charge in [0.2, 0.25) is 0 Å². The summed E-state index contributed by atoms with van der Waals surface area (Å²) in [5, 5.41) is 2.86. The first-order valence-electron chi connectivity index (χ1n) is 8.59. The molecule has 1 aromatic carbocycles. The maximum Gasteiger partial charge on any atom is 0.331 e. The lowest BCUT2D eigenvalue weighted by molar-refractivity contribution is -0.143. The molecule has 0 aromatic heterocycles. The summed E-state index contributed by atoms with van der Waals surface area (Å²) in [6.07, 6.45) is 2.99. The van der Waals surface area contributed by atoms with Gasteiger partial charge >= 0.3 is 5.97 Å². The Labute approximate surface area is 168 Å². The van der Waals surface area contributed by atoms with Crippen LogP contribution in [0.1, 0.15) is 18.9 Å². The van der Waals surface area contributed by atoms with Crippen LogP contribution in [0.5, 0.6) is 11.5 Å². The number of hydrogen-bond acceptors (Lipinski definition) is 7. The van der Waals surface area contributed by atoms with Crippen LogP contribution in [0.3, 0.4) is 0 Å². The van der Waals surface area contributed by atoms with Crippen molar-refractivity contribution >= 4 is 39.4 Å². The van der Waals surface area contributed by atoms with E-state index in [0.717, 1.165) is 6.08 Å². The normalized spacial score (nSPS) is 18.0. The molecule has 1 heterocycles. The largest absolute Gasteiger partial charge is 0.491 e. The van der Waals surface area contributed by atoms with E-state index in [4.69, 9.17) is 25.8 Å². The van der Waals surface area contributed by atoms with Crippen LogP contribution in [0, 0.1) is 0 Å². The SMILES string of the molecule is CCOc1cc(/C=C/C(=O)OCC(=O)N[C@H]2CCS(=O)(=O)C2)cc(Cl)c1OC. The zero-order valence-electron chi connectivity index (χ0n) is 15.6. The molecule has 1 saturated heterocycles. The van der Waals surface area contributed by atoms with Gasteiger partial charge in [-0.25, -0.2) is 13.2 Å². The molecule has 8 nitrogen and oxygen atoms in total. The highest BCUT2D eigenvalue weighted by Crippen LogP contribution is 2.36. The van der Waals surface area contributed by atoms with Gasteiger partial charge in [0.25, 0.3) is 5.91 Å². The van der Waals surface area contributed by atoms with Gasteiger partial charge in [-0.1, -0.05) is 11.6 Å². The van der Waals surface area contributed by atoms with Gasteiger partial charge in [-0.15, -0.1) is 0 Å². The van der Waals surface area contributed by atoms with Crippen molar-refractivity contribution in [1.82, 2.24) is 5.32 Å². The number of carbonyl (C=O) groups is 2. The number of carbonyl (C=O) groups excluding carboxylic acids is 2. The van der Waals surface area contributed by atoms with Crippen LogP contribution in [0.15, 0.2) is 18.2 Å². The highest BCUT2D eigenvalue weighted by Gasteiger charge is 2.28. The molecule has 1 fully saturated rings. The van der Waals surface area contributed by atoms with Gasteiger partial charge in [-0.05, 0) is 37.1 Å². The fourth-order valence-electron chi connectivity index (χ4n) is 2.67. The summed E-state index contributed by atoms with van der Waals surface area (Å²) in [5.41, 5.74) is 0.590. The first-order chi connectivity index (χ1) is 13.2. The zero-order chi connectivity index (χ0) is 20.7. The third-order valence-electron chi connectivity index (χ3n) is 3.89. The molecule has 0 spiro atoms. The van der Waals surface area contributed by atoms with Crippen LogP contribution in [-0.2, 0) is 24.2 Å². The topological polar surface area (TPSA) is 108 Å². The number of sulfone groups is 1. The van der Waals surface area contributed by atoms with Gasteiger partial charge < -0.3 is 19.5 Å². The summed E-state index contributed by atoms with van der Waals surface area (Å²) in [6.45, 7) is 1.74. The van der Waals surface area contributed by atoms with Gasteiger partial charge in [0.05, 0.1) is 30.2 Å². The van der Waals surface area contributed by atoms with Crippen molar-refractivity contribution in [1.29, 1.82) is 0 Å². The average molecular weight is 432 g/mol. The van der Waals surface area contributed by atoms with Crippen LogP contribution < -0.4 is 14.8 Å². The lowest BCUT2D eigenvalue weighted by Crippen LogP contribution is -2.38. The van der Waals surface area contributed by atoms with E-state index < -0.39 is 34.4 Å². The average Bonchev–Trinajstić information content (AvgIpc) is 2.96. The third-order valence-corrected chi connectivity index (χ3v) is 5.94. The van der Waals surface area contributed by atoms with Crippen molar-refractivity contribution in [3.8, 4) is 11.5 Å².